The molecule has 0 unspecified atom stereocenters. The van der Waals surface area contributed by atoms with Crippen LogP contribution in [0.15, 0.2) is 24.4 Å². The van der Waals surface area contributed by atoms with Crippen LogP contribution in [0.4, 0.5) is 0 Å². The molecule has 2 heterocycles. The van der Waals surface area contributed by atoms with Crippen LogP contribution in [0.3, 0.4) is 0 Å². The van der Waals surface area contributed by atoms with E-state index >= 15 is 0 Å². The first-order valence-corrected chi connectivity index (χ1v) is 9.50. The number of hydrogen-bond acceptors (Lipinski definition) is 3. The van der Waals surface area contributed by atoms with Crippen LogP contribution in [0.5, 0.6) is 0 Å². The summed E-state index contributed by atoms with van der Waals surface area (Å²) >= 11 is 0. The molecule has 1 atom stereocenters. The molecule has 138 valence electrons. The minimum Gasteiger partial charge on any atom is -0.390 e. The van der Waals surface area contributed by atoms with Crippen LogP contribution in [-0.4, -0.2) is 53.4 Å². The number of aryl methyl sites for hydroxylation is 1. The van der Waals surface area contributed by atoms with Gasteiger partial charge in [-0.05, 0) is 75.8 Å². The third-order valence-corrected chi connectivity index (χ3v) is 5.39. The number of rotatable bonds is 8. The molecule has 2 aromatic rings. The molecule has 4 nitrogen and oxygen atoms in total. The Balaban J connectivity index is 1.73. The Bertz CT molecular complexity index is 687. The van der Waals surface area contributed by atoms with Gasteiger partial charge in [0, 0.05) is 36.8 Å². The van der Waals surface area contributed by atoms with Gasteiger partial charge in [-0.2, -0.15) is 0 Å². The molecule has 3 rings (SSSR count). The van der Waals surface area contributed by atoms with Crippen molar-refractivity contribution in [1.82, 2.24) is 9.88 Å². The van der Waals surface area contributed by atoms with Crippen molar-refractivity contribution in [3.8, 4) is 0 Å². The minimum atomic E-state index is -0.609. The summed E-state index contributed by atoms with van der Waals surface area (Å²) in [5.41, 5.74) is 3.32. The average Bonchev–Trinajstić information content (AvgIpc) is 3.18. The van der Waals surface area contributed by atoms with Crippen molar-refractivity contribution >= 4 is 10.9 Å². The SMILES string of the molecule is COCCN1CCC[C@@H]1Cc1c[nH]c2ccc(CCC(C)(C)O)cc12. The van der Waals surface area contributed by atoms with Crippen LogP contribution in [0, 0.1) is 0 Å². The second-order valence-electron chi connectivity index (χ2n) is 8.04. The zero-order valence-corrected chi connectivity index (χ0v) is 15.8. The number of nitrogens with one attached hydrogen (secondary N) is 1. The predicted molar refractivity (Wildman–Crippen MR) is 103 cm³/mol. The van der Waals surface area contributed by atoms with Gasteiger partial charge in [0.15, 0.2) is 0 Å². The third-order valence-electron chi connectivity index (χ3n) is 5.39. The molecule has 2 N–H and O–H groups in total. The summed E-state index contributed by atoms with van der Waals surface area (Å²) in [7, 11) is 1.78. The number of aromatic nitrogens is 1. The van der Waals surface area contributed by atoms with Gasteiger partial charge >= 0.3 is 0 Å². The molecular formula is C21H32N2O2. The number of nitrogens with zero attached hydrogens (tertiary/aromatic N) is 1. The number of fused-ring (bicyclic) bond motifs is 1. The Kier molecular flexibility index (Phi) is 5.82. The molecule has 25 heavy (non-hydrogen) atoms. The van der Waals surface area contributed by atoms with E-state index in [9.17, 15) is 5.11 Å². The second kappa shape index (κ2) is 7.90. The number of likely N-dealkylation sites (tertiary alicyclic amines) is 1. The molecule has 1 aliphatic rings. The Morgan fingerprint density at radius 2 is 2.20 bits per heavy atom. The van der Waals surface area contributed by atoms with Gasteiger partial charge in [-0.15, -0.1) is 0 Å². The van der Waals surface area contributed by atoms with Crippen LogP contribution in [0.2, 0.25) is 0 Å². The molecule has 0 spiro atoms. The molecule has 1 aromatic heterocycles. The van der Waals surface area contributed by atoms with Gasteiger partial charge in [0.05, 0.1) is 12.2 Å². The Labute approximate surface area is 151 Å². The summed E-state index contributed by atoms with van der Waals surface area (Å²) in [6.07, 6.45) is 7.53. The van der Waals surface area contributed by atoms with Crippen LogP contribution in [0.1, 0.15) is 44.2 Å². The summed E-state index contributed by atoms with van der Waals surface area (Å²) < 4.78 is 5.26. The molecule has 0 saturated carbocycles. The maximum atomic E-state index is 9.97. The molecule has 0 aliphatic carbocycles. The number of H-pyrrole nitrogens is 1. The van der Waals surface area contributed by atoms with Crippen LogP contribution >= 0.6 is 0 Å². The van der Waals surface area contributed by atoms with E-state index in [1.807, 2.05) is 13.8 Å². The highest BCUT2D eigenvalue weighted by atomic mass is 16.5. The number of aromatic amines is 1. The van der Waals surface area contributed by atoms with Crippen molar-refractivity contribution < 1.29 is 9.84 Å². The van der Waals surface area contributed by atoms with E-state index in [0.717, 1.165) is 32.4 Å². The molecule has 0 radical (unpaired) electrons. The standard InChI is InChI=1S/C21H32N2O2/c1-21(2,24)9-8-16-6-7-20-19(13-16)17(15-22-20)14-18-5-4-10-23(18)11-12-25-3/h6-7,13,15,18,22,24H,4-5,8-12,14H2,1-3H3/t18-/m1/s1. The van der Waals surface area contributed by atoms with Crippen molar-refractivity contribution in [1.29, 1.82) is 0 Å². The molecule has 1 saturated heterocycles. The van der Waals surface area contributed by atoms with E-state index < -0.39 is 5.60 Å². The maximum absolute atomic E-state index is 9.97. The highest BCUT2D eigenvalue weighted by Gasteiger charge is 2.25. The van der Waals surface area contributed by atoms with Gasteiger partial charge < -0.3 is 14.8 Å². The van der Waals surface area contributed by atoms with Gasteiger partial charge in [0.25, 0.3) is 0 Å². The van der Waals surface area contributed by atoms with Gasteiger partial charge in [-0.25, -0.2) is 0 Å². The fraction of sp³-hybridized carbons (Fsp3) is 0.619. The fourth-order valence-electron chi connectivity index (χ4n) is 3.88. The highest BCUT2D eigenvalue weighted by molar-refractivity contribution is 5.84. The van der Waals surface area contributed by atoms with Crippen LogP contribution in [-0.2, 0) is 17.6 Å². The van der Waals surface area contributed by atoms with Crippen LogP contribution < -0.4 is 0 Å². The highest BCUT2D eigenvalue weighted by Crippen LogP contribution is 2.27. The molecule has 1 aliphatic heterocycles. The first kappa shape index (κ1) is 18.4. The number of hydrogen-bond donors (Lipinski definition) is 2. The molecule has 0 bridgehead atoms. The summed E-state index contributed by atoms with van der Waals surface area (Å²) in [5.74, 6) is 0. The second-order valence-corrected chi connectivity index (χ2v) is 8.04. The Morgan fingerprint density at radius 3 is 2.96 bits per heavy atom. The topological polar surface area (TPSA) is 48.5 Å². The first-order valence-electron chi connectivity index (χ1n) is 9.50. The third kappa shape index (κ3) is 4.84. The van der Waals surface area contributed by atoms with Crippen molar-refractivity contribution in [3.05, 3.63) is 35.5 Å². The number of ether oxygens (including phenoxy) is 1. The van der Waals surface area contributed by atoms with E-state index in [4.69, 9.17) is 4.74 Å². The van der Waals surface area contributed by atoms with Gasteiger partial charge in [-0.1, -0.05) is 6.07 Å². The van der Waals surface area contributed by atoms with Gasteiger partial charge in [0.2, 0.25) is 0 Å². The van der Waals surface area contributed by atoms with E-state index in [1.165, 1.54) is 41.4 Å². The normalized spacial score (nSPS) is 19.1. The number of aliphatic hydroxyl groups is 1. The molecular weight excluding hydrogens is 312 g/mol. The first-order chi connectivity index (χ1) is 12.0. The average molecular weight is 344 g/mol. The number of benzene rings is 1. The summed E-state index contributed by atoms with van der Waals surface area (Å²) in [4.78, 5) is 6.00. The molecule has 1 fully saturated rings. The zero-order chi connectivity index (χ0) is 17.9. The van der Waals surface area contributed by atoms with E-state index in [-0.39, 0.29) is 0 Å². The summed E-state index contributed by atoms with van der Waals surface area (Å²) in [6.45, 7) is 6.78. The summed E-state index contributed by atoms with van der Waals surface area (Å²) in [5, 5.41) is 11.3. The minimum absolute atomic E-state index is 0.609. The lowest BCUT2D eigenvalue weighted by molar-refractivity contribution is 0.0714. The van der Waals surface area contributed by atoms with Crippen molar-refractivity contribution in [2.75, 3.05) is 26.8 Å². The van der Waals surface area contributed by atoms with E-state index in [2.05, 4.69) is 34.3 Å². The zero-order valence-electron chi connectivity index (χ0n) is 15.8. The van der Waals surface area contributed by atoms with Crippen molar-refractivity contribution in [2.24, 2.45) is 0 Å². The van der Waals surface area contributed by atoms with E-state index in [0.29, 0.717) is 6.04 Å². The van der Waals surface area contributed by atoms with Crippen molar-refractivity contribution in [3.63, 3.8) is 0 Å². The lowest BCUT2D eigenvalue weighted by Gasteiger charge is -2.24. The molecule has 0 amide bonds. The van der Waals surface area contributed by atoms with E-state index in [1.54, 1.807) is 7.11 Å². The largest absolute Gasteiger partial charge is 0.390 e. The lowest BCUT2D eigenvalue weighted by Crippen LogP contribution is -2.33. The smallest absolute Gasteiger partial charge is 0.0594 e. The Hall–Kier alpha value is -1.36. The van der Waals surface area contributed by atoms with Crippen molar-refractivity contribution in [2.45, 2.75) is 57.6 Å². The quantitative estimate of drug-likeness (QED) is 0.770. The molecule has 1 aromatic carbocycles. The summed E-state index contributed by atoms with van der Waals surface area (Å²) in [6, 6.07) is 7.28. The lowest BCUT2D eigenvalue weighted by atomic mass is 9.96. The maximum Gasteiger partial charge on any atom is 0.0594 e. The Morgan fingerprint density at radius 1 is 1.36 bits per heavy atom. The fourth-order valence-corrected chi connectivity index (χ4v) is 3.88. The molecule has 4 heteroatoms. The number of methoxy groups -OCH3 is 1. The van der Waals surface area contributed by atoms with Gasteiger partial charge in [-0.3, -0.25) is 4.90 Å². The monoisotopic (exact) mass is 344 g/mol. The van der Waals surface area contributed by atoms with Gasteiger partial charge in [0.1, 0.15) is 0 Å². The predicted octanol–water partition coefficient (Wildman–Crippen LogP) is 3.52. The van der Waals surface area contributed by atoms with Crippen LogP contribution in [0.25, 0.3) is 10.9 Å².